The number of carbonyl (C=O) groups excluding carboxylic acids is 1. The summed E-state index contributed by atoms with van der Waals surface area (Å²) in [5, 5.41) is 5.06. The zero-order valence-electron chi connectivity index (χ0n) is 17.2. The highest BCUT2D eigenvalue weighted by Gasteiger charge is 2.20. The van der Waals surface area contributed by atoms with E-state index in [2.05, 4.69) is 24.8 Å². The normalized spacial score (nSPS) is 11.9. The van der Waals surface area contributed by atoms with Gasteiger partial charge in [0.1, 0.15) is 11.6 Å². The van der Waals surface area contributed by atoms with Crippen LogP contribution in [0, 0.1) is 6.92 Å². The van der Waals surface area contributed by atoms with E-state index in [1.165, 1.54) is 10.9 Å². The van der Waals surface area contributed by atoms with Crippen LogP contribution in [0.3, 0.4) is 0 Å². The number of benzene rings is 2. The Bertz CT molecular complexity index is 1630. The van der Waals surface area contributed by atoms with E-state index in [0.717, 1.165) is 28.5 Å². The molecule has 0 saturated carbocycles. The summed E-state index contributed by atoms with van der Waals surface area (Å²) >= 11 is 0. The van der Waals surface area contributed by atoms with Crippen molar-refractivity contribution in [3.63, 3.8) is 0 Å². The number of H-pyrrole nitrogens is 2. The molecule has 0 unspecified atom stereocenters. The zero-order valence-corrected chi connectivity index (χ0v) is 18.0. The maximum Gasteiger partial charge on any atom is 0.229 e. The summed E-state index contributed by atoms with van der Waals surface area (Å²) in [7, 11) is -3.40. The number of aromatic amines is 2. The van der Waals surface area contributed by atoms with E-state index >= 15 is 0 Å². The number of hydrogen-bond acceptors (Lipinski definition) is 6. The van der Waals surface area contributed by atoms with Crippen LogP contribution in [0.25, 0.3) is 27.6 Å². The number of aryl methyl sites for hydroxylation is 1. The van der Waals surface area contributed by atoms with E-state index in [4.69, 9.17) is 5.73 Å². The highest BCUT2D eigenvalue weighted by atomic mass is 32.2. The van der Waals surface area contributed by atoms with Gasteiger partial charge >= 0.3 is 0 Å². The van der Waals surface area contributed by atoms with Gasteiger partial charge in [0.2, 0.25) is 15.8 Å². The molecule has 0 amide bonds. The van der Waals surface area contributed by atoms with Gasteiger partial charge in [-0.1, -0.05) is 6.07 Å². The summed E-state index contributed by atoms with van der Waals surface area (Å²) in [5.41, 5.74) is 10.2. The number of rotatable bonds is 5. The second-order valence-corrected chi connectivity index (χ2v) is 9.32. The van der Waals surface area contributed by atoms with Crippen molar-refractivity contribution in [3.05, 3.63) is 65.7 Å². The van der Waals surface area contributed by atoms with E-state index in [9.17, 15) is 13.2 Å². The molecule has 2 aromatic carbocycles. The van der Waals surface area contributed by atoms with E-state index < -0.39 is 10.0 Å². The first-order chi connectivity index (χ1) is 15.2. The molecule has 5 aromatic rings. The molecule has 162 valence electrons. The van der Waals surface area contributed by atoms with Gasteiger partial charge in [-0.05, 0) is 43.3 Å². The Balaban J connectivity index is 1.49. The first-order valence-electron chi connectivity index (χ1n) is 9.63. The lowest BCUT2D eigenvalue weighted by molar-refractivity contribution is 0.103. The lowest BCUT2D eigenvalue weighted by atomic mass is 10.1. The van der Waals surface area contributed by atoms with Crippen LogP contribution >= 0.6 is 0 Å². The fourth-order valence-electron chi connectivity index (χ4n) is 3.66. The fourth-order valence-corrected chi connectivity index (χ4v) is 4.22. The average Bonchev–Trinajstić information content (AvgIpc) is 3.40. The zero-order chi connectivity index (χ0) is 22.6. The van der Waals surface area contributed by atoms with Crippen molar-refractivity contribution < 1.29 is 13.2 Å². The van der Waals surface area contributed by atoms with Crippen molar-refractivity contribution in [3.8, 4) is 5.69 Å². The first kappa shape index (κ1) is 19.8. The Morgan fingerprint density at radius 1 is 1.09 bits per heavy atom. The number of anilines is 2. The summed E-state index contributed by atoms with van der Waals surface area (Å²) < 4.78 is 26.8. The summed E-state index contributed by atoms with van der Waals surface area (Å²) in [6.07, 6.45) is 2.51. The molecule has 3 aromatic heterocycles. The van der Waals surface area contributed by atoms with Crippen LogP contribution in [0.4, 0.5) is 11.5 Å². The minimum Gasteiger partial charge on any atom is -0.383 e. The molecule has 0 aliphatic heterocycles. The number of imidazole rings is 1. The number of sulfonamides is 1. The second-order valence-electron chi connectivity index (χ2n) is 7.57. The molecule has 0 spiro atoms. The molecule has 0 bridgehead atoms. The number of nitrogen functional groups attached to an aromatic ring is 1. The summed E-state index contributed by atoms with van der Waals surface area (Å²) in [4.78, 5) is 23.7. The van der Waals surface area contributed by atoms with Crippen molar-refractivity contribution in [2.24, 2.45) is 0 Å². The van der Waals surface area contributed by atoms with Crippen molar-refractivity contribution in [2.45, 2.75) is 6.92 Å². The molecule has 3 heterocycles. The Morgan fingerprint density at radius 2 is 1.91 bits per heavy atom. The molecule has 0 aliphatic carbocycles. The lowest BCUT2D eigenvalue weighted by Gasteiger charge is -2.05. The van der Waals surface area contributed by atoms with Gasteiger partial charge in [-0.25, -0.2) is 18.1 Å². The molecule has 10 nitrogen and oxygen atoms in total. The topological polar surface area (TPSA) is 152 Å². The predicted octanol–water partition coefficient (Wildman–Crippen LogP) is 2.72. The van der Waals surface area contributed by atoms with Gasteiger partial charge in [-0.3, -0.25) is 9.52 Å². The van der Waals surface area contributed by atoms with E-state index in [1.807, 2.05) is 25.1 Å². The number of nitrogens with zero attached hydrogens (tertiary/aromatic N) is 3. The van der Waals surface area contributed by atoms with Crippen LogP contribution in [0.15, 0.2) is 48.7 Å². The van der Waals surface area contributed by atoms with Gasteiger partial charge < -0.3 is 15.7 Å². The molecule has 32 heavy (non-hydrogen) atoms. The quantitative estimate of drug-likeness (QED) is 0.303. The minimum absolute atomic E-state index is 0.208. The van der Waals surface area contributed by atoms with E-state index in [-0.39, 0.29) is 17.2 Å². The number of hydrogen-bond donors (Lipinski definition) is 4. The van der Waals surface area contributed by atoms with Gasteiger partial charge in [0.05, 0.1) is 46.1 Å². The van der Waals surface area contributed by atoms with Gasteiger partial charge in [0, 0.05) is 10.9 Å². The third-order valence-electron chi connectivity index (χ3n) is 5.05. The molecule has 0 fully saturated rings. The first-order valence-corrected chi connectivity index (χ1v) is 11.5. The summed E-state index contributed by atoms with van der Waals surface area (Å²) in [6.45, 7) is 1.87. The molecule has 0 atom stereocenters. The van der Waals surface area contributed by atoms with Crippen LogP contribution in [0.1, 0.15) is 21.9 Å². The number of nitrogens with two attached hydrogens (primary N) is 1. The van der Waals surface area contributed by atoms with Crippen LogP contribution < -0.4 is 10.5 Å². The van der Waals surface area contributed by atoms with Crippen LogP contribution in [-0.4, -0.2) is 45.2 Å². The van der Waals surface area contributed by atoms with E-state index in [1.54, 1.807) is 24.3 Å². The largest absolute Gasteiger partial charge is 0.383 e. The molecule has 0 radical (unpaired) electrons. The van der Waals surface area contributed by atoms with Gasteiger partial charge in [0.15, 0.2) is 0 Å². The Hall–Kier alpha value is -4.12. The van der Waals surface area contributed by atoms with Gasteiger partial charge in [0.25, 0.3) is 0 Å². The van der Waals surface area contributed by atoms with Crippen molar-refractivity contribution in [2.75, 3.05) is 16.7 Å². The minimum atomic E-state index is -3.40. The Kier molecular flexibility index (Phi) is 4.31. The molecule has 5 N–H and O–H groups in total. The van der Waals surface area contributed by atoms with Crippen LogP contribution in [-0.2, 0) is 10.0 Å². The third kappa shape index (κ3) is 3.48. The maximum atomic E-state index is 13.1. The maximum absolute atomic E-state index is 13.1. The average molecular weight is 449 g/mol. The lowest BCUT2D eigenvalue weighted by Crippen LogP contribution is -2.09. The third-order valence-corrected chi connectivity index (χ3v) is 5.66. The Labute approximate surface area is 182 Å². The highest BCUT2D eigenvalue weighted by Crippen LogP contribution is 2.25. The predicted molar refractivity (Wildman–Crippen MR) is 123 cm³/mol. The van der Waals surface area contributed by atoms with Gasteiger partial charge in [-0.2, -0.15) is 5.10 Å². The standard InChI is InChI=1S/C21H19N7O3S/c1-11-24-16-6-5-14(9-18(16)25-11)28-21(22)15(10-23-28)20(29)19-7-12-3-4-13(8-17(12)26-19)27-32(2,30)31/h3-10,26-27H,22H2,1-2H3,(H,24,25). The molecule has 0 saturated heterocycles. The summed E-state index contributed by atoms with van der Waals surface area (Å²) in [5.74, 6) is 0.689. The van der Waals surface area contributed by atoms with Gasteiger partial charge in [-0.15, -0.1) is 0 Å². The van der Waals surface area contributed by atoms with Crippen molar-refractivity contribution >= 4 is 49.2 Å². The molecular weight excluding hydrogens is 430 g/mol. The molecular formula is C21H19N7O3S. The highest BCUT2D eigenvalue weighted by molar-refractivity contribution is 7.92. The smallest absolute Gasteiger partial charge is 0.229 e. The Morgan fingerprint density at radius 3 is 2.69 bits per heavy atom. The molecule has 5 rings (SSSR count). The van der Waals surface area contributed by atoms with Crippen molar-refractivity contribution in [1.82, 2.24) is 24.7 Å². The number of ketones is 1. The fraction of sp³-hybridized carbons (Fsp3) is 0.0952. The number of nitrogens with one attached hydrogen (secondary N) is 3. The second kappa shape index (κ2) is 6.95. The summed E-state index contributed by atoms with van der Waals surface area (Å²) in [6, 6.07) is 12.2. The number of carbonyl (C=O) groups is 1. The van der Waals surface area contributed by atoms with E-state index in [0.29, 0.717) is 22.6 Å². The van der Waals surface area contributed by atoms with Crippen LogP contribution in [0.2, 0.25) is 0 Å². The number of fused-ring (bicyclic) bond motifs is 2. The SMILES string of the molecule is Cc1nc2cc(-n3ncc(C(=O)c4cc5ccc(NS(C)(=O)=O)cc5[nH]4)c3N)ccc2[nH]1. The van der Waals surface area contributed by atoms with Crippen LogP contribution in [0.5, 0.6) is 0 Å². The van der Waals surface area contributed by atoms with Crippen molar-refractivity contribution in [1.29, 1.82) is 0 Å². The monoisotopic (exact) mass is 449 g/mol. The number of aromatic nitrogens is 5. The molecule has 11 heteroatoms. The molecule has 0 aliphatic rings.